The molecule has 0 saturated carbocycles. The molecule has 3 rings (SSSR count). The fourth-order valence-corrected chi connectivity index (χ4v) is 3.96. The molecule has 156 valence electrons. The fourth-order valence-electron chi connectivity index (χ4n) is 2.63. The van der Waals surface area contributed by atoms with Crippen LogP contribution in [0.25, 0.3) is 0 Å². The molecule has 3 aromatic carbocycles. The molecule has 30 heavy (non-hydrogen) atoms. The van der Waals surface area contributed by atoms with Crippen LogP contribution in [0.15, 0.2) is 77.7 Å². The summed E-state index contributed by atoms with van der Waals surface area (Å²) in [6, 6.07) is 17.7. The van der Waals surface area contributed by atoms with Crippen molar-refractivity contribution in [3.8, 4) is 0 Å². The van der Waals surface area contributed by atoms with E-state index in [9.17, 15) is 22.7 Å². The highest BCUT2D eigenvalue weighted by Crippen LogP contribution is 2.22. The van der Waals surface area contributed by atoms with Crippen molar-refractivity contribution in [2.24, 2.45) is 0 Å². The molecule has 9 heteroatoms. The number of carbonyl (C=O) groups is 1. The number of carbonyl (C=O) groups excluding carboxylic acids is 1. The van der Waals surface area contributed by atoms with Gasteiger partial charge in [-0.15, -0.1) is 0 Å². The zero-order chi connectivity index (χ0) is 21.7. The van der Waals surface area contributed by atoms with Gasteiger partial charge in [0.2, 0.25) is 0 Å². The molecule has 0 fully saturated rings. The monoisotopic (exact) mass is 448 g/mol. The molecule has 3 N–H and O–H groups in total. The van der Waals surface area contributed by atoms with Gasteiger partial charge in [0.15, 0.2) is 0 Å². The highest BCUT2D eigenvalue weighted by atomic mass is 35.5. The van der Waals surface area contributed by atoms with Crippen LogP contribution in [0.5, 0.6) is 0 Å². The lowest BCUT2D eigenvalue weighted by Crippen LogP contribution is -2.28. The zero-order valence-corrected chi connectivity index (χ0v) is 17.1. The Hall–Kier alpha value is -2.94. The standard InChI is InChI=1S/C21H18ClFN2O4S/c22-18-12-17(10-11-19(18)23)30(28,29)25-16-8-6-15(7-9-16)21(27)24-13-20(26)14-4-2-1-3-5-14/h1-12,20,25-26H,13H2,(H,24,27). The lowest BCUT2D eigenvalue weighted by atomic mass is 10.1. The van der Waals surface area contributed by atoms with E-state index in [0.29, 0.717) is 11.1 Å². The molecule has 0 bridgehead atoms. The first-order chi connectivity index (χ1) is 14.3. The number of sulfonamides is 1. The van der Waals surface area contributed by atoms with Gasteiger partial charge in [0.25, 0.3) is 15.9 Å². The number of amides is 1. The molecule has 0 aliphatic heterocycles. The number of hydrogen-bond acceptors (Lipinski definition) is 4. The van der Waals surface area contributed by atoms with Gasteiger partial charge in [-0.05, 0) is 48.0 Å². The van der Waals surface area contributed by atoms with Gasteiger partial charge in [0, 0.05) is 17.8 Å². The summed E-state index contributed by atoms with van der Waals surface area (Å²) < 4.78 is 40.4. The summed E-state index contributed by atoms with van der Waals surface area (Å²) in [5, 5.41) is 12.4. The first kappa shape index (κ1) is 21.8. The molecule has 0 saturated heterocycles. The molecule has 0 aliphatic carbocycles. The Bertz CT molecular complexity index is 1140. The summed E-state index contributed by atoms with van der Waals surface area (Å²) in [5.74, 6) is -1.13. The molecular formula is C21H18ClFN2O4S. The topological polar surface area (TPSA) is 95.5 Å². The van der Waals surface area contributed by atoms with Crippen LogP contribution in [0.2, 0.25) is 5.02 Å². The van der Waals surface area contributed by atoms with Crippen molar-refractivity contribution >= 4 is 33.2 Å². The zero-order valence-electron chi connectivity index (χ0n) is 15.5. The minimum absolute atomic E-state index is 0.0303. The first-order valence-electron chi connectivity index (χ1n) is 8.85. The lowest BCUT2D eigenvalue weighted by Gasteiger charge is -2.13. The second kappa shape index (κ2) is 9.25. The van der Waals surface area contributed by atoms with Gasteiger partial charge in [-0.3, -0.25) is 9.52 Å². The van der Waals surface area contributed by atoms with Gasteiger partial charge in [0.05, 0.1) is 16.0 Å². The van der Waals surface area contributed by atoms with Crippen LogP contribution >= 0.6 is 11.6 Å². The molecule has 0 spiro atoms. The van der Waals surface area contributed by atoms with Crippen molar-refractivity contribution in [2.75, 3.05) is 11.3 Å². The van der Waals surface area contributed by atoms with Crippen LogP contribution in [0.1, 0.15) is 22.0 Å². The number of anilines is 1. The summed E-state index contributed by atoms with van der Waals surface area (Å²) in [5.41, 5.74) is 1.20. The average Bonchev–Trinajstić information content (AvgIpc) is 2.74. The van der Waals surface area contributed by atoms with Crippen LogP contribution in [0, 0.1) is 5.82 Å². The third-order valence-electron chi connectivity index (χ3n) is 4.24. The Morgan fingerprint density at radius 1 is 1.03 bits per heavy atom. The third kappa shape index (κ3) is 5.35. The number of rotatable bonds is 7. The number of benzene rings is 3. The number of nitrogens with one attached hydrogen (secondary N) is 2. The molecule has 1 amide bonds. The van der Waals surface area contributed by atoms with E-state index >= 15 is 0 Å². The van der Waals surface area contributed by atoms with E-state index < -0.39 is 27.9 Å². The van der Waals surface area contributed by atoms with Gasteiger partial charge in [-0.25, -0.2) is 12.8 Å². The molecule has 0 heterocycles. The van der Waals surface area contributed by atoms with E-state index in [2.05, 4.69) is 10.0 Å². The third-order valence-corrected chi connectivity index (χ3v) is 5.91. The molecule has 0 radical (unpaired) electrons. The number of aliphatic hydroxyl groups is 1. The second-order valence-electron chi connectivity index (χ2n) is 6.40. The highest BCUT2D eigenvalue weighted by molar-refractivity contribution is 7.92. The molecule has 0 aromatic heterocycles. The van der Waals surface area contributed by atoms with Crippen molar-refractivity contribution in [1.82, 2.24) is 5.32 Å². The van der Waals surface area contributed by atoms with Gasteiger partial charge >= 0.3 is 0 Å². The molecule has 1 unspecified atom stereocenters. The smallest absolute Gasteiger partial charge is 0.261 e. The number of aliphatic hydroxyl groups excluding tert-OH is 1. The van der Waals surface area contributed by atoms with Gasteiger partial charge < -0.3 is 10.4 Å². The van der Waals surface area contributed by atoms with Crippen LogP contribution in [0.3, 0.4) is 0 Å². The minimum Gasteiger partial charge on any atom is -0.387 e. The predicted octanol–water partition coefficient (Wildman–Crippen LogP) is 3.74. The lowest BCUT2D eigenvalue weighted by molar-refractivity contribution is 0.0916. The normalized spacial score (nSPS) is 12.2. The summed E-state index contributed by atoms with van der Waals surface area (Å²) in [6.45, 7) is 0.0303. The SMILES string of the molecule is O=C(NCC(O)c1ccccc1)c1ccc(NS(=O)(=O)c2ccc(F)c(Cl)c2)cc1. The second-order valence-corrected chi connectivity index (χ2v) is 8.48. The van der Waals surface area contributed by atoms with E-state index in [4.69, 9.17) is 11.6 Å². The highest BCUT2D eigenvalue weighted by Gasteiger charge is 2.17. The van der Waals surface area contributed by atoms with E-state index in [1.165, 1.54) is 24.3 Å². The maximum Gasteiger partial charge on any atom is 0.261 e. The minimum atomic E-state index is -3.97. The van der Waals surface area contributed by atoms with Crippen LogP contribution in [-0.2, 0) is 10.0 Å². The average molecular weight is 449 g/mol. The predicted molar refractivity (Wildman–Crippen MR) is 112 cm³/mol. The largest absolute Gasteiger partial charge is 0.387 e. The molecule has 1 atom stereocenters. The Labute approximate surface area is 178 Å². The Balaban J connectivity index is 1.62. The van der Waals surface area contributed by atoms with Gasteiger partial charge in [-0.1, -0.05) is 41.9 Å². The van der Waals surface area contributed by atoms with Crippen molar-refractivity contribution in [3.05, 3.63) is 94.8 Å². The summed E-state index contributed by atoms with van der Waals surface area (Å²) in [4.78, 5) is 12.1. The van der Waals surface area contributed by atoms with Crippen LogP contribution in [0.4, 0.5) is 10.1 Å². The van der Waals surface area contributed by atoms with E-state index in [1.807, 2.05) is 6.07 Å². The van der Waals surface area contributed by atoms with Crippen molar-refractivity contribution < 1.29 is 22.7 Å². The maximum atomic E-state index is 13.2. The van der Waals surface area contributed by atoms with Crippen LogP contribution in [-0.4, -0.2) is 26.0 Å². The summed E-state index contributed by atoms with van der Waals surface area (Å²) in [7, 11) is -3.97. The summed E-state index contributed by atoms with van der Waals surface area (Å²) in [6.07, 6.45) is -0.844. The number of hydrogen-bond donors (Lipinski definition) is 3. The van der Waals surface area contributed by atoms with Crippen LogP contribution < -0.4 is 10.0 Å². The molecular weight excluding hydrogens is 431 g/mol. The maximum absolute atomic E-state index is 13.2. The van der Waals surface area contributed by atoms with E-state index in [-0.39, 0.29) is 22.2 Å². The van der Waals surface area contributed by atoms with E-state index in [0.717, 1.165) is 18.2 Å². The Kier molecular flexibility index (Phi) is 6.71. The van der Waals surface area contributed by atoms with E-state index in [1.54, 1.807) is 24.3 Å². The molecule has 3 aromatic rings. The fraction of sp³-hybridized carbons (Fsp3) is 0.0952. The van der Waals surface area contributed by atoms with Gasteiger partial charge in [-0.2, -0.15) is 0 Å². The Morgan fingerprint density at radius 2 is 1.70 bits per heavy atom. The Morgan fingerprint density at radius 3 is 2.33 bits per heavy atom. The number of halogens is 2. The van der Waals surface area contributed by atoms with Gasteiger partial charge in [0.1, 0.15) is 5.82 Å². The van der Waals surface area contributed by atoms with Crippen molar-refractivity contribution in [3.63, 3.8) is 0 Å². The summed E-state index contributed by atoms with van der Waals surface area (Å²) >= 11 is 5.64. The molecule has 0 aliphatic rings. The van der Waals surface area contributed by atoms with Crippen molar-refractivity contribution in [1.29, 1.82) is 0 Å². The quantitative estimate of drug-likeness (QED) is 0.513. The van der Waals surface area contributed by atoms with Crippen molar-refractivity contribution in [2.45, 2.75) is 11.0 Å². The molecule has 6 nitrogen and oxygen atoms in total. The first-order valence-corrected chi connectivity index (χ1v) is 10.7.